The predicted octanol–water partition coefficient (Wildman–Crippen LogP) is 3.03. The van der Waals surface area contributed by atoms with E-state index in [9.17, 15) is 4.79 Å². The molecule has 0 aromatic heterocycles. The van der Waals surface area contributed by atoms with Crippen molar-refractivity contribution in [2.45, 2.75) is 45.9 Å². The molecule has 0 spiro atoms. The lowest BCUT2D eigenvalue weighted by Gasteiger charge is -2.26. The summed E-state index contributed by atoms with van der Waals surface area (Å²) >= 11 is 0. The molecule has 0 bridgehead atoms. The van der Waals surface area contributed by atoms with E-state index in [1.54, 1.807) is 0 Å². The first-order chi connectivity index (χ1) is 9.28. The van der Waals surface area contributed by atoms with Crippen LogP contribution < -0.4 is 5.32 Å². The second-order valence-electron chi connectivity index (χ2n) is 6.13. The Kier molecular flexibility index (Phi) is 6.02. The van der Waals surface area contributed by atoms with E-state index in [2.05, 4.69) is 36.3 Å². The highest BCUT2D eigenvalue weighted by molar-refractivity contribution is 5.67. The number of hydrogen-bond acceptors (Lipinski definition) is 3. The molecule has 4 heteroatoms. The molecule has 1 aromatic rings. The number of nitrogens with one attached hydrogen (secondary N) is 1. The second kappa shape index (κ2) is 7.29. The molecule has 0 saturated carbocycles. The summed E-state index contributed by atoms with van der Waals surface area (Å²) in [6.45, 7) is 9.09. The Hall–Kier alpha value is -1.55. The molecule has 0 aliphatic heterocycles. The Bertz CT molecular complexity index is 412. The van der Waals surface area contributed by atoms with Gasteiger partial charge >= 0.3 is 6.09 Å². The minimum Gasteiger partial charge on any atom is -0.444 e. The molecule has 0 fully saturated rings. The normalized spacial score (nSPS) is 13.1. The average Bonchev–Trinajstić information content (AvgIpc) is 2.35. The number of rotatable bonds is 5. The predicted molar refractivity (Wildman–Crippen MR) is 81.6 cm³/mol. The van der Waals surface area contributed by atoms with Crippen molar-refractivity contribution in [1.29, 1.82) is 0 Å². The third kappa shape index (κ3) is 6.57. The van der Waals surface area contributed by atoms with Gasteiger partial charge in [0.15, 0.2) is 0 Å². The average molecular weight is 278 g/mol. The van der Waals surface area contributed by atoms with Crippen molar-refractivity contribution in [2.75, 3.05) is 13.6 Å². The fourth-order valence-corrected chi connectivity index (χ4v) is 1.73. The third-order valence-corrected chi connectivity index (χ3v) is 2.97. The molecule has 4 nitrogen and oxygen atoms in total. The van der Waals surface area contributed by atoms with Crippen molar-refractivity contribution in [3.8, 4) is 0 Å². The van der Waals surface area contributed by atoms with Gasteiger partial charge in [-0.2, -0.15) is 0 Å². The van der Waals surface area contributed by atoms with Crippen LogP contribution >= 0.6 is 0 Å². The Labute approximate surface area is 122 Å². The molecule has 1 aromatic carbocycles. The van der Waals surface area contributed by atoms with Gasteiger partial charge in [0.05, 0.1) is 0 Å². The van der Waals surface area contributed by atoms with Gasteiger partial charge in [-0.1, -0.05) is 30.3 Å². The van der Waals surface area contributed by atoms with Gasteiger partial charge in [0.1, 0.15) is 5.60 Å². The molecule has 0 heterocycles. The lowest BCUT2D eigenvalue weighted by Crippen LogP contribution is -2.41. The van der Waals surface area contributed by atoms with E-state index in [4.69, 9.17) is 4.74 Å². The summed E-state index contributed by atoms with van der Waals surface area (Å²) in [5.41, 5.74) is 0.808. The van der Waals surface area contributed by atoms with Crippen molar-refractivity contribution in [3.05, 3.63) is 35.9 Å². The zero-order chi connectivity index (χ0) is 15.2. The van der Waals surface area contributed by atoms with Crippen LogP contribution in [0.25, 0.3) is 0 Å². The molecule has 1 atom stereocenters. The SMILES string of the molecule is C[C@@H](CNC(=O)OC(C)(C)C)N(C)Cc1ccccc1. The van der Waals surface area contributed by atoms with Crippen molar-refractivity contribution in [1.82, 2.24) is 10.2 Å². The van der Waals surface area contributed by atoms with Crippen molar-refractivity contribution < 1.29 is 9.53 Å². The van der Waals surface area contributed by atoms with E-state index in [-0.39, 0.29) is 12.1 Å². The Morgan fingerprint density at radius 3 is 2.45 bits per heavy atom. The molecule has 0 radical (unpaired) electrons. The molecular formula is C16H26N2O2. The van der Waals surface area contributed by atoms with Gasteiger partial charge in [0.2, 0.25) is 0 Å². The Morgan fingerprint density at radius 2 is 1.90 bits per heavy atom. The fraction of sp³-hybridized carbons (Fsp3) is 0.562. The maximum atomic E-state index is 11.6. The lowest BCUT2D eigenvalue weighted by atomic mass is 10.2. The second-order valence-corrected chi connectivity index (χ2v) is 6.13. The molecule has 0 aliphatic rings. The molecule has 1 N–H and O–H groups in total. The minimum atomic E-state index is -0.455. The number of nitrogens with zero attached hydrogens (tertiary/aromatic N) is 1. The van der Waals surface area contributed by atoms with Crippen molar-refractivity contribution in [2.24, 2.45) is 0 Å². The van der Waals surface area contributed by atoms with Crippen LogP contribution in [0.1, 0.15) is 33.3 Å². The maximum absolute atomic E-state index is 11.6. The third-order valence-electron chi connectivity index (χ3n) is 2.97. The maximum Gasteiger partial charge on any atom is 0.407 e. The lowest BCUT2D eigenvalue weighted by molar-refractivity contribution is 0.0512. The smallest absolute Gasteiger partial charge is 0.407 e. The largest absolute Gasteiger partial charge is 0.444 e. The summed E-state index contributed by atoms with van der Waals surface area (Å²) in [6, 6.07) is 10.5. The number of benzene rings is 1. The summed E-state index contributed by atoms with van der Waals surface area (Å²) < 4.78 is 5.22. The topological polar surface area (TPSA) is 41.6 Å². The van der Waals surface area contributed by atoms with Gasteiger partial charge in [0, 0.05) is 19.1 Å². The number of likely N-dealkylation sites (N-methyl/N-ethyl adjacent to an activating group) is 1. The van der Waals surface area contributed by atoms with Gasteiger partial charge in [-0.3, -0.25) is 4.90 Å². The van der Waals surface area contributed by atoms with Crippen molar-refractivity contribution in [3.63, 3.8) is 0 Å². The van der Waals surface area contributed by atoms with E-state index in [0.717, 1.165) is 6.54 Å². The van der Waals surface area contributed by atoms with Gasteiger partial charge in [-0.15, -0.1) is 0 Å². The van der Waals surface area contributed by atoms with Crippen LogP contribution in [0.15, 0.2) is 30.3 Å². The summed E-state index contributed by atoms with van der Waals surface area (Å²) in [5, 5.41) is 2.80. The molecule has 0 saturated heterocycles. The first-order valence-electron chi connectivity index (χ1n) is 6.99. The first kappa shape index (κ1) is 16.5. The van der Waals surface area contributed by atoms with Crippen LogP contribution in [0.3, 0.4) is 0 Å². The molecule has 1 rings (SSSR count). The summed E-state index contributed by atoms with van der Waals surface area (Å²) in [7, 11) is 2.05. The first-order valence-corrected chi connectivity index (χ1v) is 6.99. The monoisotopic (exact) mass is 278 g/mol. The molecule has 20 heavy (non-hydrogen) atoms. The van der Waals surface area contributed by atoms with Gasteiger partial charge in [0.25, 0.3) is 0 Å². The summed E-state index contributed by atoms with van der Waals surface area (Å²) in [4.78, 5) is 13.8. The quantitative estimate of drug-likeness (QED) is 0.900. The minimum absolute atomic E-state index is 0.239. The highest BCUT2D eigenvalue weighted by atomic mass is 16.6. The number of hydrogen-bond donors (Lipinski definition) is 1. The van der Waals surface area contributed by atoms with E-state index in [0.29, 0.717) is 6.54 Å². The molecule has 112 valence electrons. The van der Waals surface area contributed by atoms with Crippen molar-refractivity contribution >= 4 is 6.09 Å². The summed E-state index contributed by atoms with van der Waals surface area (Å²) in [5.74, 6) is 0. The van der Waals surface area contributed by atoms with E-state index in [1.807, 2.05) is 39.0 Å². The standard InChI is InChI=1S/C16H26N2O2/c1-13(11-17-15(19)20-16(2,3)4)18(5)12-14-9-7-6-8-10-14/h6-10,13H,11-12H2,1-5H3,(H,17,19)/t13-/m0/s1. The molecule has 0 aliphatic carbocycles. The van der Waals surface area contributed by atoms with Crippen LogP contribution in [0.5, 0.6) is 0 Å². The molecular weight excluding hydrogens is 252 g/mol. The number of carbonyl (C=O) groups excluding carboxylic acids is 1. The number of ether oxygens (including phenoxy) is 1. The van der Waals surface area contributed by atoms with Crippen LogP contribution in [0.2, 0.25) is 0 Å². The molecule has 0 unspecified atom stereocenters. The van der Waals surface area contributed by atoms with E-state index >= 15 is 0 Å². The Morgan fingerprint density at radius 1 is 1.30 bits per heavy atom. The van der Waals surface area contributed by atoms with E-state index in [1.165, 1.54) is 5.56 Å². The number of carbonyl (C=O) groups is 1. The summed E-state index contributed by atoms with van der Waals surface area (Å²) in [6.07, 6.45) is -0.363. The van der Waals surface area contributed by atoms with Crippen LogP contribution in [-0.4, -0.2) is 36.2 Å². The number of amides is 1. The van der Waals surface area contributed by atoms with Gasteiger partial charge in [-0.25, -0.2) is 4.79 Å². The van der Waals surface area contributed by atoms with Crippen LogP contribution in [-0.2, 0) is 11.3 Å². The van der Waals surface area contributed by atoms with Crippen LogP contribution in [0, 0.1) is 0 Å². The zero-order valence-electron chi connectivity index (χ0n) is 13.1. The van der Waals surface area contributed by atoms with Gasteiger partial charge < -0.3 is 10.1 Å². The number of alkyl carbamates (subject to hydrolysis) is 1. The Balaban J connectivity index is 2.35. The highest BCUT2D eigenvalue weighted by Gasteiger charge is 2.17. The fourth-order valence-electron chi connectivity index (χ4n) is 1.73. The van der Waals surface area contributed by atoms with E-state index < -0.39 is 5.60 Å². The molecule has 1 amide bonds. The van der Waals surface area contributed by atoms with Gasteiger partial charge in [-0.05, 0) is 40.3 Å². The highest BCUT2D eigenvalue weighted by Crippen LogP contribution is 2.08. The van der Waals surface area contributed by atoms with Crippen LogP contribution in [0.4, 0.5) is 4.79 Å². The zero-order valence-corrected chi connectivity index (χ0v) is 13.1.